The summed E-state index contributed by atoms with van der Waals surface area (Å²) in [5.74, 6) is 0.879. The van der Waals surface area contributed by atoms with Gasteiger partial charge in [0.2, 0.25) is 0 Å². The molecule has 0 radical (unpaired) electrons. The first kappa shape index (κ1) is 12.1. The Hall–Kier alpha value is -1.39. The highest BCUT2D eigenvalue weighted by Crippen LogP contribution is 2.33. The number of aliphatic hydroxyl groups is 1. The first-order valence-electron chi connectivity index (χ1n) is 5.78. The zero-order valence-corrected chi connectivity index (χ0v) is 10.5. The van der Waals surface area contributed by atoms with E-state index in [-0.39, 0.29) is 5.41 Å². The number of aliphatic hydroxyl groups excluding tert-OH is 1. The zero-order chi connectivity index (χ0) is 12.6. The van der Waals surface area contributed by atoms with Crippen molar-refractivity contribution < 1.29 is 5.11 Å². The molecule has 1 aromatic heterocycles. The van der Waals surface area contributed by atoms with Crippen molar-refractivity contribution in [2.45, 2.75) is 26.9 Å². The molecule has 0 aliphatic rings. The highest BCUT2D eigenvalue weighted by molar-refractivity contribution is 5.75. The molecule has 0 amide bonds. The fourth-order valence-corrected chi connectivity index (χ4v) is 1.89. The van der Waals surface area contributed by atoms with E-state index in [2.05, 4.69) is 9.97 Å². The normalized spacial score (nSPS) is 14.2. The standard InChI is InChI=1S/C13H19N3O/c1-8-15-10-5-4-9(6-11(10)16-8)12(17)13(2,3)7-14/h4-6,12,17H,7,14H2,1-3H3,(H,15,16). The number of hydrogen-bond acceptors (Lipinski definition) is 3. The molecule has 4 heteroatoms. The zero-order valence-electron chi connectivity index (χ0n) is 10.5. The lowest BCUT2D eigenvalue weighted by Crippen LogP contribution is -2.30. The molecule has 0 saturated carbocycles. The number of nitrogens with one attached hydrogen (secondary N) is 1. The lowest BCUT2D eigenvalue weighted by atomic mass is 9.83. The number of aromatic amines is 1. The van der Waals surface area contributed by atoms with Crippen molar-refractivity contribution in [2.24, 2.45) is 11.1 Å². The third-order valence-corrected chi connectivity index (χ3v) is 3.21. The van der Waals surface area contributed by atoms with Gasteiger partial charge in [0.15, 0.2) is 0 Å². The number of aryl methyl sites for hydroxylation is 1. The van der Waals surface area contributed by atoms with Crippen molar-refractivity contribution in [1.82, 2.24) is 9.97 Å². The van der Waals surface area contributed by atoms with Gasteiger partial charge in [-0.3, -0.25) is 0 Å². The van der Waals surface area contributed by atoms with Crippen molar-refractivity contribution in [3.63, 3.8) is 0 Å². The van der Waals surface area contributed by atoms with Crippen molar-refractivity contribution in [1.29, 1.82) is 0 Å². The summed E-state index contributed by atoms with van der Waals surface area (Å²) in [6, 6.07) is 5.77. The summed E-state index contributed by atoms with van der Waals surface area (Å²) in [5.41, 5.74) is 8.09. The van der Waals surface area contributed by atoms with Gasteiger partial charge >= 0.3 is 0 Å². The summed E-state index contributed by atoms with van der Waals surface area (Å²) in [7, 11) is 0. The smallest absolute Gasteiger partial charge is 0.104 e. The largest absolute Gasteiger partial charge is 0.388 e. The summed E-state index contributed by atoms with van der Waals surface area (Å²) in [6.07, 6.45) is -0.569. The molecule has 17 heavy (non-hydrogen) atoms. The molecular formula is C13H19N3O. The molecule has 0 saturated heterocycles. The molecule has 1 aromatic carbocycles. The highest BCUT2D eigenvalue weighted by Gasteiger charge is 2.27. The molecule has 4 nitrogen and oxygen atoms in total. The molecular weight excluding hydrogens is 214 g/mol. The summed E-state index contributed by atoms with van der Waals surface area (Å²) >= 11 is 0. The molecule has 1 unspecified atom stereocenters. The maximum Gasteiger partial charge on any atom is 0.104 e. The van der Waals surface area contributed by atoms with E-state index in [1.165, 1.54) is 0 Å². The van der Waals surface area contributed by atoms with Crippen molar-refractivity contribution in [2.75, 3.05) is 6.54 Å². The topological polar surface area (TPSA) is 74.9 Å². The van der Waals surface area contributed by atoms with Crippen LogP contribution in [0.25, 0.3) is 11.0 Å². The average Bonchev–Trinajstić information content (AvgIpc) is 2.66. The number of nitrogens with two attached hydrogens (primary N) is 1. The van der Waals surface area contributed by atoms with Crippen molar-refractivity contribution >= 4 is 11.0 Å². The van der Waals surface area contributed by atoms with E-state index >= 15 is 0 Å². The van der Waals surface area contributed by atoms with Crippen LogP contribution in [0.5, 0.6) is 0 Å². The molecule has 0 fully saturated rings. The van der Waals surface area contributed by atoms with E-state index in [4.69, 9.17) is 5.73 Å². The van der Waals surface area contributed by atoms with E-state index in [0.29, 0.717) is 6.54 Å². The quantitative estimate of drug-likeness (QED) is 0.757. The predicted octanol–water partition coefficient (Wildman–Crippen LogP) is 1.89. The van der Waals surface area contributed by atoms with E-state index in [1.807, 2.05) is 39.0 Å². The Morgan fingerprint density at radius 3 is 2.82 bits per heavy atom. The maximum absolute atomic E-state index is 10.3. The molecule has 0 aliphatic carbocycles. The van der Waals surface area contributed by atoms with Gasteiger partial charge in [0.05, 0.1) is 17.1 Å². The van der Waals surface area contributed by atoms with Crippen molar-refractivity contribution in [3.05, 3.63) is 29.6 Å². The summed E-state index contributed by atoms with van der Waals surface area (Å²) in [6.45, 7) is 6.27. The second-order valence-corrected chi connectivity index (χ2v) is 5.19. The van der Waals surface area contributed by atoms with Crippen LogP contribution in [0.3, 0.4) is 0 Å². The van der Waals surface area contributed by atoms with Crippen LogP contribution in [0, 0.1) is 12.3 Å². The highest BCUT2D eigenvalue weighted by atomic mass is 16.3. The van der Waals surface area contributed by atoms with Crippen LogP contribution < -0.4 is 5.73 Å². The van der Waals surface area contributed by atoms with Gasteiger partial charge in [-0.05, 0) is 24.6 Å². The summed E-state index contributed by atoms with van der Waals surface area (Å²) < 4.78 is 0. The maximum atomic E-state index is 10.3. The van der Waals surface area contributed by atoms with E-state index in [9.17, 15) is 5.11 Å². The van der Waals surface area contributed by atoms with Crippen LogP contribution in [0.2, 0.25) is 0 Å². The number of fused-ring (bicyclic) bond motifs is 1. The van der Waals surface area contributed by atoms with E-state index in [0.717, 1.165) is 22.4 Å². The van der Waals surface area contributed by atoms with E-state index in [1.54, 1.807) is 0 Å². The van der Waals surface area contributed by atoms with Crippen LogP contribution in [0.1, 0.15) is 31.3 Å². The molecule has 1 heterocycles. The lowest BCUT2D eigenvalue weighted by Gasteiger charge is -2.29. The fraction of sp³-hybridized carbons (Fsp3) is 0.462. The molecule has 92 valence electrons. The van der Waals surface area contributed by atoms with E-state index < -0.39 is 6.10 Å². The third-order valence-electron chi connectivity index (χ3n) is 3.21. The van der Waals surface area contributed by atoms with Gasteiger partial charge in [0, 0.05) is 12.0 Å². The van der Waals surface area contributed by atoms with Crippen LogP contribution in [-0.4, -0.2) is 21.6 Å². The number of H-pyrrole nitrogens is 1. The van der Waals surface area contributed by atoms with Crippen LogP contribution >= 0.6 is 0 Å². The molecule has 2 aromatic rings. The number of rotatable bonds is 3. The second-order valence-electron chi connectivity index (χ2n) is 5.19. The molecule has 1 atom stereocenters. The lowest BCUT2D eigenvalue weighted by molar-refractivity contribution is 0.0556. The minimum absolute atomic E-state index is 0.331. The van der Waals surface area contributed by atoms with Crippen molar-refractivity contribution in [3.8, 4) is 0 Å². The third kappa shape index (κ3) is 2.18. The number of imidazole rings is 1. The Kier molecular flexibility index (Phi) is 2.93. The molecule has 0 spiro atoms. The minimum atomic E-state index is -0.569. The predicted molar refractivity (Wildman–Crippen MR) is 68.6 cm³/mol. The Balaban J connectivity index is 2.42. The first-order chi connectivity index (χ1) is 7.94. The number of aromatic nitrogens is 2. The Morgan fingerprint density at radius 1 is 1.47 bits per heavy atom. The Bertz CT molecular complexity index is 530. The summed E-state index contributed by atoms with van der Waals surface area (Å²) in [4.78, 5) is 7.50. The monoisotopic (exact) mass is 233 g/mol. The van der Waals surface area contributed by atoms with Crippen LogP contribution in [0.15, 0.2) is 18.2 Å². The van der Waals surface area contributed by atoms with Crippen LogP contribution in [0.4, 0.5) is 0 Å². The molecule has 2 rings (SSSR count). The van der Waals surface area contributed by atoms with Gasteiger partial charge in [-0.25, -0.2) is 4.98 Å². The van der Waals surface area contributed by atoms with Gasteiger partial charge in [0.25, 0.3) is 0 Å². The first-order valence-corrected chi connectivity index (χ1v) is 5.78. The van der Waals surface area contributed by atoms with Gasteiger partial charge in [0.1, 0.15) is 5.82 Å². The minimum Gasteiger partial charge on any atom is -0.388 e. The SMILES string of the molecule is Cc1nc2ccc(C(O)C(C)(C)CN)cc2[nH]1. The Morgan fingerprint density at radius 2 is 2.18 bits per heavy atom. The Labute approximate surface area is 101 Å². The van der Waals surface area contributed by atoms with Crippen LogP contribution in [-0.2, 0) is 0 Å². The molecule has 0 bridgehead atoms. The molecule has 0 aliphatic heterocycles. The molecule has 4 N–H and O–H groups in total. The van der Waals surface area contributed by atoms with Gasteiger partial charge in [-0.1, -0.05) is 19.9 Å². The second kappa shape index (κ2) is 4.13. The summed E-state index contributed by atoms with van der Waals surface area (Å²) in [5, 5.41) is 10.3. The number of nitrogens with zero attached hydrogens (tertiary/aromatic N) is 1. The number of benzene rings is 1. The number of hydrogen-bond donors (Lipinski definition) is 3. The van der Waals surface area contributed by atoms with Gasteiger partial charge < -0.3 is 15.8 Å². The average molecular weight is 233 g/mol. The van der Waals surface area contributed by atoms with Gasteiger partial charge in [-0.15, -0.1) is 0 Å². The van der Waals surface area contributed by atoms with Gasteiger partial charge in [-0.2, -0.15) is 0 Å². The fourth-order valence-electron chi connectivity index (χ4n) is 1.89.